The smallest absolute Gasteiger partial charge is 0.342 e. The number of carboxylic acid groups (broad SMARTS) is 1. The number of carbonyl (C=O) groups is 1. The van der Waals surface area contributed by atoms with E-state index < -0.39 is 10.9 Å². The van der Waals surface area contributed by atoms with Crippen LogP contribution in [0.5, 0.6) is 0 Å². The first-order valence-corrected chi connectivity index (χ1v) is 6.25. The van der Waals surface area contributed by atoms with Gasteiger partial charge >= 0.3 is 5.97 Å². The van der Waals surface area contributed by atoms with Gasteiger partial charge in [-0.05, 0) is 30.9 Å². The summed E-state index contributed by atoms with van der Waals surface area (Å²) in [4.78, 5) is 23.3. The monoisotopic (exact) mass is 264 g/mol. The summed E-state index contributed by atoms with van der Waals surface area (Å²) < 4.78 is 0. The molecule has 6 heteroatoms. The number of piperidine rings is 1. The van der Waals surface area contributed by atoms with Crippen LogP contribution in [-0.4, -0.2) is 29.1 Å². The van der Waals surface area contributed by atoms with Crippen LogP contribution in [0.15, 0.2) is 18.2 Å². The summed E-state index contributed by atoms with van der Waals surface area (Å²) in [5, 5.41) is 19.9. The van der Waals surface area contributed by atoms with Crippen LogP contribution in [0, 0.1) is 16.0 Å². The second-order valence-corrected chi connectivity index (χ2v) is 4.96. The summed E-state index contributed by atoms with van der Waals surface area (Å²) in [6, 6.07) is 4.30. The molecule has 0 saturated carbocycles. The number of anilines is 1. The molecule has 1 aromatic carbocycles. The maximum absolute atomic E-state index is 11.1. The number of nitrogens with zero attached hydrogens (tertiary/aromatic N) is 2. The Bertz CT molecular complexity index is 515. The fourth-order valence-corrected chi connectivity index (χ4v) is 2.48. The Morgan fingerprint density at radius 1 is 1.53 bits per heavy atom. The molecule has 0 radical (unpaired) electrons. The normalized spacial score (nSPS) is 19.2. The molecule has 1 N–H and O–H groups in total. The maximum atomic E-state index is 11.1. The zero-order valence-electron chi connectivity index (χ0n) is 10.7. The molecule has 0 amide bonds. The van der Waals surface area contributed by atoms with Crippen molar-refractivity contribution in [2.24, 2.45) is 5.92 Å². The lowest BCUT2D eigenvalue weighted by Crippen LogP contribution is -2.34. The lowest BCUT2D eigenvalue weighted by atomic mass is 9.99. The van der Waals surface area contributed by atoms with Crippen molar-refractivity contribution >= 4 is 17.3 Å². The average molecular weight is 264 g/mol. The standard InChI is InChI=1S/C13H16N2O4/c1-9-3-2-6-14(8-9)10-4-5-12(15(18)19)11(7-10)13(16)17/h4-5,7,9H,2-3,6,8H2,1H3,(H,16,17). The van der Waals surface area contributed by atoms with Crippen molar-refractivity contribution in [1.82, 2.24) is 0 Å². The van der Waals surface area contributed by atoms with Gasteiger partial charge in [-0.25, -0.2) is 4.79 Å². The third kappa shape index (κ3) is 2.83. The Morgan fingerprint density at radius 3 is 2.84 bits per heavy atom. The van der Waals surface area contributed by atoms with Gasteiger partial charge in [-0.15, -0.1) is 0 Å². The minimum absolute atomic E-state index is 0.249. The molecule has 1 aromatic rings. The number of nitro groups is 1. The molecule has 1 unspecified atom stereocenters. The van der Waals surface area contributed by atoms with E-state index >= 15 is 0 Å². The molecule has 19 heavy (non-hydrogen) atoms. The van der Waals surface area contributed by atoms with Crippen LogP contribution in [0.4, 0.5) is 11.4 Å². The Kier molecular flexibility index (Phi) is 3.69. The van der Waals surface area contributed by atoms with Crippen molar-refractivity contribution in [3.63, 3.8) is 0 Å². The molecule has 2 rings (SSSR count). The fourth-order valence-electron chi connectivity index (χ4n) is 2.48. The van der Waals surface area contributed by atoms with Crippen LogP contribution in [0.1, 0.15) is 30.1 Å². The number of aromatic carboxylic acids is 1. The SMILES string of the molecule is CC1CCCN(c2ccc([N+](=O)[O-])c(C(=O)O)c2)C1. The molecule has 0 aromatic heterocycles. The first-order valence-electron chi connectivity index (χ1n) is 6.25. The molecule has 0 aliphatic carbocycles. The van der Waals surface area contributed by atoms with Gasteiger partial charge in [0.25, 0.3) is 5.69 Å². The van der Waals surface area contributed by atoms with Crippen LogP contribution in [0.25, 0.3) is 0 Å². The van der Waals surface area contributed by atoms with Crippen LogP contribution >= 0.6 is 0 Å². The van der Waals surface area contributed by atoms with Crippen molar-refractivity contribution in [2.45, 2.75) is 19.8 Å². The van der Waals surface area contributed by atoms with E-state index in [0.29, 0.717) is 5.92 Å². The van der Waals surface area contributed by atoms with Crippen molar-refractivity contribution in [3.8, 4) is 0 Å². The number of benzene rings is 1. The van der Waals surface area contributed by atoms with E-state index in [9.17, 15) is 14.9 Å². The van der Waals surface area contributed by atoms with E-state index in [0.717, 1.165) is 31.6 Å². The number of hydrogen-bond acceptors (Lipinski definition) is 4. The summed E-state index contributed by atoms with van der Waals surface area (Å²) in [6.45, 7) is 3.87. The molecular weight excluding hydrogens is 248 g/mol. The Labute approximate surface area is 110 Å². The summed E-state index contributed by atoms with van der Waals surface area (Å²) in [5.74, 6) is -0.712. The predicted molar refractivity (Wildman–Crippen MR) is 70.7 cm³/mol. The van der Waals surface area contributed by atoms with Crippen molar-refractivity contribution in [2.75, 3.05) is 18.0 Å². The lowest BCUT2D eigenvalue weighted by Gasteiger charge is -2.32. The van der Waals surface area contributed by atoms with E-state index in [1.807, 2.05) is 0 Å². The Morgan fingerprint density at radius 2 is 2.26 bits per heavy atom. The Hall–Kier alpha value is -2.11. The van der Waals surface area contributed by atoms with Gasteiger partial charge in [-0.2, -0.15) is 0 Å². The summed E-state index contributed by atoms with van der Waals surface area (Å²) in [6.07, 6.45) is 2.22. The van der Waals surface area contributed by atoms with Gasteiger partial charge in [0.1, 0.15) is 5.56 Å². The molecule has 0 spiro atoms. The molecule has 1 aliphatic heterocycles. The van der Waals surface area contributed by atoms with E-state index in [1.165, 1.54) is 12.1 Å². The molecular formula is C13H16N2O4. The predicted octanol–water partition coefficient (Wildman–Crippen LogP) is 2.53. The topological polar surface area (TPSA) is 83.7 Å². The minimum Gasteiger partial charge on any atom is -0.477 e. The van der Waals surface area contributed by atoms with Gasteiger partial charge in [-0.1, -0.05) is 6.92 Å². The first-order chi connectivity index (χ1) is 8.99. The van der Waals surface area contributed by atoms with E-state index in [-0.39, 0.29) is 11.3 Å². The molecule has 1 saturated heterocycles. The van der Waals surface area contributed by atoms with Gasteiger partial charge in [0.05, 0.1) is 4.92 Å². The lowest BCUT2D eigenvalue weighted by molar-refractivity contribution is -0.385. The number of rotatable bonds is 3. The molecule has 6 nitrogen and oxygen atoms in total. The van der Waals surface area contributed by atoms with Crippen molar-refractivity contribution in [1.29, 1.82) is 0 Å². The minimum atomic E-state index is -1.27. The number of nitro benzene ring substituents is 1. The highest BCUT2D eigenvalue weighted by molar-refractivity contribution is 5.93. The van der Waals surface area contributed by atoms with Gasteiger partial charge in [-0.3, -0.25) is 10.1 Å². The summed E-state index contributed by atoms with van der Waals surface area (Å²) in [5.41, 5.74) is 0.136. The average Bonchev–Trinajstić information content (AvgIpc) is 2.37. The van der Waals surface area contributed by atoms with Gasteiger partial charge in [0.15, 0.2) is 0 Å². The fraction of sp³-hybridized carbons (Fsp3) is 0.462. The van der Waals surface area contributed by atoms with Crippen molar-refractivity contribution in [3.05, 3.63) is 33.9 Å². The van der Waals surface area contributed by atoms with Crippen LogP contribution in [0.3, 0.4) is 0 Å². The van der Waals surface area contributed by atoms with Crippen LogP contribution in [-0.2, 0) is 0 Å². The molecule has 0 bridgehead atoms. The zero-order valence-corrected chi connectivity index (χ0v) is 10.7. The van der Waals surface area contributed by atoms with Gasteiger partial charge in [0, 0.05) is 24.8 Å². The van der Waals surface area contributed by atoms with E-state index in [1.54, 1.807) is 6.07 Å². The molecule has 1 heterocycles. The Balaban J connectivity index is 2.35. The highest BCUT2D eigenvalue weighted by atomic mass is 16.6. The number of carboxylic acids is 1. The molecule has 1 fully saturated rings. The highest BCUT2D eigenvalue weighted by Crippen LogP contribution is 2.28. The summed E-state index contributed by atoms with van der Waals surface area (Å²) in [7, 11) is 0. The van der Waals surface area contributed by atoms with Crippen LogP contribution in [0.2, 0.25) is 0 Å². The maximum Gasteiger partial charge on any atom is 0.342 e. The zero-order chi connectivity index (χ0) is 14.0. The number of hydrogen-bond donors (Lipinski definition) is 1. The van der Waals surface area contributed by atoms with Gasteiger partial charge < -0.3 is 10.0 Å². The third-order valence-corrected chi connectivity index (χ3v) is 3.43. The van der Waals surface area contributed by atoms with Crippen molar-refractivity contribution < 1.29 is 14.8 Å². The molecule has 1 aliphatic rings. The molecule has 102 valence electrons. The highest BCUT2D eigenvalue weighted by Gasteiger charge is 2.23. The van der Waals surface area contributed by atoms with Gasteiger partial charge in [0.2, 0.25) is 0 Å². The van der Waals surface area contributed by atoms with E-state index in [2.05, 4.69) is 11.8 Å². The second kappa shape index (κ2) is 5.26. The summed E-state index contributed by atoms with van der Waals surface area (Å²) >= 11 is 0. The van der Waals surface area contributed by atoms with Crippen LogP contribution < -0.4 is 4.90 Å². The van der Waals surface area contributed by atoms with E-state index in [4.69, 9.17) is 5.11 Å². The first kappa shape index (κ1) is 13.3. The second-order valence-electron chi connectivity index (χ2n) is 4.96. The quantitative estimate of drug-likeness (QED) is 0.670. The largest absolute Gasteiger partial charge is 0.477 e. The third-order valence-electron chi connectivity index (χ3n) is 3.43. The molecule has 1 atom stereocenters.